The second kappa shape index (κ2) is 6.67. The monoisotopic (exact) mass is 297 g/mol. The molecule has 0 aliphatic heterocycles. The molecule has 0 atom stereocenters. The summed E-state index contributed by atoms with van der Waals surface area (Å²) in [6.07, 6.45) is 3.17. The predicted molar refractivity (Wildman–Crippen MR) is 74.2 cm³/mol. The third-order valence-corrected chi connectivity index (χ3v) is 3.12. The number of carbonyl (C=O) groups is 1. The smallest absolute Gasteiger partial charge is 0.339 e. The number of rotatable bonds is 6. The summed E-state index contributed by atoms with van der Waals surface area (Å²) in [5.41, 5.74) is 0.904. The molecule has 0 spiro atoms. The molecule has 6 nitrogen and oxygen atoms in total. The maximum atomic E-state index is 11.6. The summed E-state index contributed by atoms with van der Waals surface area (Å²) in [6, 6.07) is 1.53. The fourth-order valence-electron chi connectivity index (χ4n) is 1.88. The number of halogens is 1. The molecule has 20 heavy (non-hydrogen) atoms. The van der Waals surface area contributed by atoms with Crippen LogP contribution in [-0.2, 0) is 15.9 Å². The molecule has 0 N–H and O–H groups in total. The topological polar surface area (TPSA) is 65.7 Å². The van der Waals surface area contributed by atoms with Crippen LogP contribution < -0.4 is 0 Å². The second-order valence-electron chi connectivity index (χ2n) is 4.18. The van der Waals surface area contributed by atoms with Gasteiger partial charge in [0.15, 0.2) is 5.65 Å². The van der Waals surface area contributed by atoms with Gasteiger partial charge in [-0.25, -0.2) is 4.79 Å². The van der Waals surface area contributed by atoms with Gasteiger partial charge in [0.25, 0.3) is 0 Å². The Morgan fingerprint density at radius 3 is 2.95 bits per heavy atom. The Bertz CT molecular complexity index is 612. The molecule has 0 bridgehead atoms. The van der Waals surface area contributed by atoms with Crippen LogP contribution in [0.25, 0.3) is 5.65 Å². The Hall–Kier alpha value is -1.66. The molecule has 2 aromatic heterocycles. The summed E-state index contributed by atoms with van der Waals surface area (Å²) >= 11 is 6.10. The van der Waals surface area contributed by atoms with Gasteiger partial charge in [-0.15, -0.1) is 10.2 Å². The number of fused-ring (bicyclic) bond motifs is 1. The predicted octanol–water partition coefficient (Wildman–Crippen LogP) is 2.14. The average molecular weight is 298 g/mol. The van der Waals surface area contributed by atoms with Gasteiger partial charge < -0.3 is 9.47 Å². The van der Waals surface area contributed by atoms with E-state index in [1.807, 2.05) is 6.92 Å². The molecule has 0 aromatic carbocycles. The minimum Gasteiger partial charge on any atom is -0.465 e. The molecule has 0 fully saturated rings. The van der Waals surface area contributed by atoms with E-state index in [9.17, 15) is 4.79 Å². The lowest BCUT2D eigenvalue weighted by Gasteiger charge is -2.04. The number of ether oxygens (including phenoxy) is 2. The Balaban J connectivity index is 2.27. The molecule has 0 amide bonds. The van der Waals surface area contributed by atoms with Crippen molar-refractivity contribution in [2.75, 3.05) is 20.3 Å². The molecule has 7 heteroatoms. The quantitative estimate of drug-likeness (QED) is 0.604. The Labute approximate surface area is 121 Å². The molecule has 2 aromatic rings. The van der Waals surface area contributed by atoms with Crippen molar-refractivity contribution in [1.82, 2.24) is 14.6 Å². The first-order chi connectivity index (χ1) is 9.67. The Morgan fingerprint density at radius 2 is 2.25 bits per heavy atom. The lowest BCUT2D eigenvalue weighted by atomic mass is 10.2. The number of nitrogens with zero attached hydrogens (tertiary/aromatic N) is 3. The highest BCUT2D eigenvalue weighted by Crippen LogP contribution is 2.19. The molecule has 108 valence electrons. The van der Waals surface area contributed by atoms with Crippen LogP contribution in [0.2, 0.25) is 5.02 Å². The van der Waals surface area contributed by atoms with Crippen LogP contribution in [0.4, 0.5) is 0 Å². The van der Waals surface area contributed by atoms with Crippen molar-refractivity contribution < 1.29 is 14.3 Å². The summed E-state index contributed by atoms with van der Waals surface area (Å²) in [6.45, 7) is 3.31. The second-order valence-corrected chi connectivity index (χ2v) is 4.59. The van der Waals surface area contributed by atoms with E-state index in [2.05, 4.69) is 10.2 Å². The summed E-state index contributed by atoms with van der Waals surface area (Å²) < 4.78 is 11.7. The molecule has 0 unspecified atom stereocenters. The number of aromatic nitrogens is 3. The maximum Gasteiger partial charge on any atom is 0.339 e. The van der Waals surface area contributed by atoms with E-state index >= 15 is 0 Å². The van der Waals surface area contributed by atoms with Gasteiger partial charge in [-0.05, 0) is 19.4 Å². The van der Waals surface area contributed by atoms with E-state index in [1.165, 1.54) is 13.2 Å². The third kappa shape index (κ3) is 3.08. The summed E-state index contributed by atoms with van der Waals surface area (Å²) in [4.78, 5) is 11.6. The average Bonchev–Trinajstić information content (AvgIpc) is 2.86. The van der Waals surface area contributed by atoms with Gasteiger partial charge in [0.05, 0.1) is 17.7 Å². The lowest BCUT2D eigenvalue weighted by Crippen LogP contribution is -2.05. The van der Waals surface area contributed by atoms with Crippen molar-refractivity contribution in [3.8, 4) is 0 Å². The normalized spacial score (nSPS) is 10.9. The molecular weight excluding hydrogens is 282 g/mol. The molecule has 0 saturated heterocycles. The molecule has 0 saturated carbocycles. The summed E-state index contributed by atoms with van der Waals surface area (Å²) in [5, 5.41) is 8.50. The highest BCUT2D eigenvalue weighted by molar-refractivity contribution is 6.33. The lowest BCUT2D eigenvalue weighted by molar-refractivity contribution is 0.0600. The highest BCUT2D eigenvalue weighted by atomic mass is 35.5. The fourth-order valence-corrected chi connectivity index (χ4v) is 2.12. The number of hydrogen-bond acceptors (Lipinski definition) is 5. The molecular formula is C13H16ClN3O3. The van der Waals surface area contributed by atoms with Crippen molar-refractivity contribution >= 4 is 23.2 Å². The van der Waals surface area contributed by atoms with Gasteiger partial charge in [0.1, 0.15) is 5.82 Å². The zero-order chi connectivity index (χ0) is 14.5. The minimum absolute atomic E-state index is 0.371. The first kappa shape index (κ1) is 14.7. The largest absolute Gasteiger partial charge is 0.465 e. The first-order valence-electron chi connectivity index (χ1n) is 6.36. The standard InChI is InChI=1S/C13H16ClN3O3/c1-3-20-6-4-5-11-15-16-12-10(14)7-9(8-17(11)12)13(18)19-2/h7-8H,3-6H2,1-2H3. The van der Waals surface area contributed by atoms with Crippen molar-refractivity contribution in [3.05, 3.63) is 28.7 Å². The number of methoxy groups -OCH3 is 1. The molecule has 2 heterocycles. The summed E-state index contributed by atoms with van der Waals surface area (Å²) in [7, 11) is 1.33. The highest BCUT2D eigenvalue weighted by Gasteiger charge is 2.14. The molecule has 0 aliphatic carbocycles. The van der Waals surface area contributed by atoms with Crippen molar-refractivity contribution in [3.63, 3.8) is 0 Å². The van der Waals surface area contributed by atoms with Crippen LogP contribution in [0.5, 0.6) is 0 Å². The third-order valence-electron chi connectivity index (χ3n) is 2.84. The number of hydrogen-bond donors (Lipinski definition) is 0. The Kier molecular flexibility index (Phi) is 4.92. The van der Waals surface area contributed by atoms with E-state index in [4.69, 9.17) is 21.1 Å². The van der Waals surface area contributed by atoms with Crippen molar-refractivity contribution in [2.24, 2.45) is 0 Å². The van der Waals surface area contributed by atoms with E-state index in [0.29, 0.717) is 35.9 Å². The van der Waals surface area contributed by atoms with Gasteiger partial charge >= 0.3 is 5.97 Å². The van der Waals surface area contributed by atoms with Crippen LogP contribution in [0, 0.1) is 0 Å². The van der Waals surface area contributed by atoms with Gasteiger partial charge in [-0.1, -0.05) is 11.6 Å². The van der Waals surface area contributed by atoms with E-state index in [-0.39, 0.29) is 0 Å². The van der Waals surface area contributed by atoms with Crippen molar-refractivity contribution in [1.29, 1.82) is 0 Å². The van der Waals surface area contributed by atoms with E-state index in [0.717, 1.165) is 12.2 Å². The molecule has 2 rings (SSSR count). The Morgan fingerprint density at radius 1 is 1.45 bits per heavy atom. The number of carbonyl (C=O) groups excluding carboxylic acids is 1. The van der Waals surface area contributed by atoms with Crippen LogP contribution in [0.1, 0.15) is 29.5 Å². The van der Waals surface area contributed by atoms with Crippen LogP contribution in [-0.4, -0.2) is 40.9 Å². The molecule has 0 radical (unpaired) electrons. The summed E-state index contributed by atoms with van der Waals surface area (Å²) in [5.74, 6) is 0.301. The van der Waals surface area contributed by atoms with E-state index in [1.54, 1.807) is 10.6 Å². The van der Waals surface area contributed by atoms with Gasteiger partial charge in [0, 0.05) is 25.8 Å². The van der Waals surface area contributed by atoms with Crippen LogP contribution in [0.3, 0.4) is 0 Å². The van der Waals surface area contributed by atoms with Gasteiger partial charge in [-0.3, -0.25) is 4.40 Å². The zero-order valence-corrected chi connectivity index (χ0v) is 12.2. The zero-order valence-electron chi connectivity index (χ0n) is 11.4. The van der Waals surface area contributed by atoms with Crippen LogP contribution in [0.15, 0.2) is 12.3 Å². The number of aryl methyl sites for hydroxylation is 1. The van der Waals surface area contributed by atoms with Gasteiger partial charge in [-0.2, -0.15) is 0 Å². The maximum absolute atomic E-state index is 11.6. The SMILES string of the molecule is CCOCCCc1nnc2c(Cl)cc(C(=O)OC)cn12. The van der Waals surface area contributed by atoms with Crippen LogP contribution >= 0.6 is 11.6 Å². The van der Waals surface area contributed by atoms with Crippen molar-refractivity contribution in [2.45, 2.75) is 19.8 Å². The number of pyridine rings is 1. The van der Waals surface area contributed by atoms with E-state index < -0.39 is 5.97 Å². The fraction of sp³-hybridized carbons (Fsp3) is 0.462. The van der Waals surface area contributed by atoms with Gasteiger partial charge in [0.2, 0.25) is 0 Å². The first-order valence-corrected chi connectivity index (χ1v) is 6.74. The molecule has 0 aliphatic rings. The minimum atomic E-state index is -0.442. The number of esters is 1.